The average Bonchev–Trinajstić information content (AvgIpc) is 3.16. The van der Waals surface area contributed by atoms with Crippen molar-refractivity contribution in [1.29, 1.82) is 0 Å². The predicted octanol–water partition coefficient (Wildman–Crippen LogP) is 2.04. The molecule has 8 heteroatoms. The minimum atomic E-state index is -1.07. The lowest BCUT2D eigenvalue weighted by molar-refractivity contribution is -0.116. The lowest BCUT2D eigenvalue weighted by Gasteiger charge is -2.13. The zero-order valence-corrected chi connectivity index (χ0v) is 12.8. The SMILES string of the molecule is Cc1cc(NC(=O)Cn2ccnc2[C@@H](O)c2ccc(F)cc2)no1. The van der Waals surface area contributed by atoms with Gasteiger partial charge in [0.05, 0.1) is 0 Å². The number of anilines is 1. The fraction of sp³-hybridized carbons (Fsp3) is 0.188. The van der Waals surface area contributed by atoms with Crippen LogP contribution in [0.4, 0.5) is 10.2 Å². The summed E-state index contributed by atoms with van der Waals surface area (Å²) in [5, 5.41) is 16.7. The van der Waals surface area contributed by atoms with E-state index in [1.807, 2.05) is 0 Å². The molecule has 0 saturated carbocycles. The second kappa shape index (κ2) is 6.63. The highest BCUT2D eigenvalue weighted by Gasteiger charge is 2.18. The highest BCUT2D eigenvalue weighted by atomic mass is 19.1. The third kappa shape index (κ3) is 3.49. The van der Waals surface area contributed by atoms with Gasteiger partial charge in [-0.25, -0.2) is 9.37 Å². The number of hydrogen-bond donors (Lipinski definition) is 2. The fourth-order valence-corrected chi connectivity index (χ4v) is 2.26. The van der Waals surface area contributed by atoms with Gasteiger partial charge in [0.25, 0.3) is 0 Å². The van der Waals surface area contributed by atoms with E-state index in [1.54, 1.807) is 19.2 Å². The van der Waals surface area contributed by atoms with Gasteiger partial charge in [-0.3, -0.25) is 4.79 Å². The van der Waals surface area contributed by atoms with Gasteiger partial charge in [-0.05, 0) is 24.6 Å². The van der Waals surface area contributed by atoms with E-state index in [4.69, 9.17) is 4.52 Å². The van der Waals surface area contributed by atoms with Crippen LogP contribution in [0.25, 0.3) is 0 Å². The molecule has 1 aromatic carbocycles. The van der Waals surface area contributed by atoms with Gasteiger partial charge < -0.3 is 19.5 Å². The molecule has 0 spiro atoms. The Bertz CT molecular complexity index is 841. The van der Waals surface area contributed by atoms with Crippen LogP contribution in [0, 0.1) is 12.7 Å². The summed E-state index contributed by atoms with van der Waals surface area (Å²) in [5.41, 5.74) is 0.483. The van der Waals surface area contributed by atoms with Crippen molar-refractivity contribution in [1.82, 2.24) is 14.7 Å². The molecule has 1 atom stereocenters. The lowest BCUT2D eigenvalue weighted by atomic mass is 10.1. The molecule has 3 aromatic rings. The molecule has 124 valence electrons. The van der Waals surface area contributed by atoms with Gasteiger partial charge in [0.15, 0.2) is 5.82 Å². The minimum Gasteiger partial charge on any atom is -0.380 e. The number of nitrogens with one attached hydrogen (secondary N) is 1. The maximum Gasteiger partial charge on any atom is 0.245 e. The molecule has 0 radical (unpaired) electrons. The first kappa shape index (κ1) is 15.9. The number of carbonyl (C=O) groups excluding carboxylic acids is 1. The zero-order valence-electron chi connectivity index (χ0n) is 12.8. The summed E-state index contributed by atoms with van der Waals surface area (Å²) in [6.07, 6.45) is 1.99. The van der Waals surface area contributed by atoms with Crippen molar-refractivity contribution in [3.63, 3.8) is 0 Å². The third-order valence-corrected chi connectivity index (χ3v) is 3.39. The number of imidazole rings is 1. The summed E-state index contributed by atoms with van der Waals surface area (Å²) in [6, 6.07) is 7.05. The number of aryl methyl sites for hydroxylation is 1. The molecule has 24 heavy (non-hydrogen) atoms. The van der Waals surface area contributed by atoms with E-state index in [-0.39, 0.29) is 18.3 Å². The van der Waals surface area contributed by atoms with E-state index < -0.39 is 11.9 Å². The van der Waals surface area contributed by atoms with Crippen molar-refractivity contribution in [2.24, 2.45) is 0 Å². The molecule has 0 bridgehead atoms. The van der Waals surface area contributed by atoms with E-state index in [1.165, 1.54) is 35.0 Å². The van der Waals surface area contributed by atoms with Crippen LogP contribution >= 0.6 is 0 Å². The molecular weight excluding hydrogens is 315 g/mol. The van der Waals surface area contributed by atoms with Crippen LogP contribution in [0.2, 0.25) is 0 Å². The van der Waals surface area contributed by atoms with Crippen LogP contribution in [0.1, 0.15) is 23.3 Å². The summed E-state index contributed by atoms with van der Waals surface area (Å²) in [6.45, 7) is 1.66. The number of halogens is 1. The van der Waals surface area contributed by atoms with Crippen LogP contribution in [-0.2, 0) is 11.3 Å². The smallest absolute Gasteiger partial charge is 0.245 e. The topological polar surface area (TPSA) is 93.2 Å². The Kier molecular flexibility index (Phi) is 4.39. The van der Waals surface area contributed by atoms with Crippen LogP contribution in [0.15, 0.2) is 47.2 Å². The third-order valence-electron chi connectivity index (χ3n) is 3.39. The van der Waals surface area contributed by atoms with Crippen molar-refractivity contribution in [2.45, 2.75) is 19.6 Å². The Hall–Kier alpha value is -3.00. The normalized spacial score (nSPS) is 12.1. The van der Waals surface area contributed by atoms with Crippen molar-refractivity contribution in [3.05, 3.63) is 65.7 Å². The fourth-order valence-electron chi connectivity index (χ4n) is 2.26. The first-order valence-electron chi connectivity index (χ1n) is 7.20. The standard InChI is InChI=1S/C16H15FN4O3/c1-10-8-13(20-24-10)19-14(22)9-21-7-6-18-16(21)15(23)11-2-4-12(17)5-3-11/h2-8,15,23H,9H2,1H3,(H,19,20,22)/t15-/m0/s1. The van der Waals surface area contributed by atoms with Crippen molar-refractivity contribution in [3.8, 4) is 0 Å². The number of nitrogens with zero attached hydrogens (tertiary/aromatic N) is 3. The van der Waals surface area contributed by atoms with Crippen LogP contribution in [0.3, 0.4) is 0 Å². The summed E-state index contributed by atoms with van der Waals surface area (Å²) in [5.74, 6) is 0.456. The molecule has 0 aliphatic rings. The van der Waals surface area contributed by atoms with Gasteiger partial charge in [0, 0.05) is 18.5 Å². The highest BCUT2D eigenvalue weighted by Crippen LogP contribution is 2.21. The predicted molar refractivity (Wildman–Crippen MR) is 82.6 cm³/mol. The number of amides is 1. The summed E-state index contributed by atoms with van der Waals surface area (Å²) in [7, 11) is 0. The number of rotatable bonds is 5. The second-order valence-corrected chi connectivity index (χ2v) is 5.24. The molecule has 0 fully saturated rings. The molecule has 3 rings (SSSR count). The molecule has 2 N–H and O–H groups in total. The van der Waals surface area contributed by atoms with Gasteiger partial charge >= 0.3 is 0 Å². The summed E-state index contributed by atoms with van der Waals surface area (Å²) in [4.78, 5) is 16.2. The molecule has 0 unspecified atom stereocenters. The zero-order chi connectivity index (χ0) is 17.1. The van der Waals surface area contributed by atoms with Crippen molar-refractivity contribution >= 4 is 11.7 Å². The summed E-state index contributed by atoms with van der Waals surface area (Å²) < 4.78 is 19.4. The van der Waals surface area contributed by atoms with Crippen molar-refractivity contribution < 1.29 is 18.8 Å². The Labute approximate surface area is 136 Å². The van der Waals surface area contributed by atoms with E-state index in [9.17, 15) is 14.3 Å². The Balaban J connectivity index is 1.72. The van der Waals surface area contributed by atoms with Crippen molar-refractivity contribution in [2.75, 3.05) is 5.32 Å². The number of benzene rings is 1. The molecular formula is C16H15FN4O3. The number of aromatic nitrogens is 3. The van der Waals surface area contributed by atoms with Gasteiger partial charge in [-0.1, -0.05) is 17.3 Å². The quantitative estimate of drug-likeness (QED) is 0.747. The molecule has 0 saturated heterocycles. The first-order valence-corrected chi connectivity index (χ1v) is 7.20. The molecule has 1 amide bonds. The lowest BCUT2D eigenvalue weighted by Crippen LogP contribution is -2.21. The van der Waals surface area contributed by atoms with Gasteiger partial charge in [0.1, 0.15) is 30.1 Å². The van der Waals surface area contributed by atoms with Gasteiger partial charge in [-0.15, -0.1) is 0 Å². The number of aliphatic hydroxyl groups excluding tert-OH is 1. The van der Waals surface area contributed by atoms with Crippen LogP contribution in [0.5, 0.6) is 0 Å². The van der Waals surface area contributed by atoms with Gasteiger partial charge in [0.2, 0.25) is 5.91 Å². The van der Waals surface area contributed by atoms with E-state index in [2.05, 4.69) is 15.5 Å². The number of hydrogen-bond acceptors (Lipinski definition) is 5. The number of aliphatic hydroxyl groups is 1. The average molecular weight is 330 g/mol. The second-order valence-electron chi connectivity index (χ2n) is 5.24. The molecule has 0 aliphatic carbocycles. The maximum absolute atomic E-state index is 13.0. The minimum absolute atomic E-state index is 0.0561. The molecule has 2 aromatic heterocycles. The first-order chi connectivity index (χ1) is 11.5. The maximum atomic E-state index is 13.0. The summed E-state index contributed by atoms with van der Waals surface area (Å²) >= 11 is 0. The molecule has 7 nitrogen and oxygen atoms in total. The molecule has 0 aliphatic heterocycles. The van der Waals surface area contributed by atoms with E-state index in [0.29, 0.717) is 17.1 Å². The van der Waals surface area contributed by atoms with Crippen LogP contribution < -0.4 is 5.32 Å². The monoisotopic (exact) mass is 330 g/mol. The largest absolute Gasteiger partial charge is 0.380 e. The highest BCUT2D eigenvalue weighted by molar-refractivity contribution is 5.89. The Morgan fingerprint density at radius 1 is 1.42 bits per heavy atom. The Morgan fingerprint density at radius 3 is 2.83 bits per heavy atom. The van der Waals surface area contributed by atoms with Gasteiger partial charge in [-0.2, -0.15) is 0 Å². The van der Waals surface area contributed by atoms with E-state index >= 15 is 0 Å². The Morgan fingerprint density at radius 2 is 2.17 bits per heavy atom. The van der Waals surface area contributed by atoms with Crippen LogP contribution in [-0.4, -0.2) is 25.7 Å². The molecule has 2 heterocycles. The number of carbonyl (C=O) groups is 1. The van der Waals surface area contributed by atoms with E-state index in [0.717, 1.165) is 0 Å².